The van der Waals surface area contributed by atoms with Crippen LogP contribution in [0.3, 0.4) is 0 Å². The van der Waals surface area contributed by atoms with Gasteiger partial charge < -0.3 is 16.0 Å². The molecule has 1 aromatic rings. The SMILES string of the molecule is CCN(C)C(=O)c1cccc(C(=O)NC2CCC(N)CC2)c1.Cl. The van der Waals surface area contributed by atoms with Gasteiger partial charge in [0, 0.05) is 36.8 Å². The summed E-state index contributed by atoms with van der Waals surface area (Å²) in [5, 5.41) is 3.05. The van der Waals surface area contributed by atoms with E-state index in [1.165, 1.54) is 0 Å². The fourth-order valence-corrected chi connectivity index (χ4v) is 2.69. The standard InChI is InChI=1S/C17H25N3O2.ClH/c1-3-20(2)17(22)13-6-4-5-12(11-13)16(21)19-15-9-7-14(18)8-10-15;/h4-6,11,14-15H,3,7-10,18H2,1-2H3,(H,19,21);1H. The molecule has 128 valence electrons. The van der Waals surface area contributed by atoms with Crippen LogP contribution >= 0.6 is 12.4 Å². The predicted molar refractivity (Wildman–Crippen MR) is 94.0 cm³/mol. The Bertz CT molecular complexity index is 542. The summed E-state index contributed by atoms with van der Waals surface area (Å²) in [6, 6.07) is 7.35. The summed E-state index contributed by atoms with van der Waals surface area (Å²) in [6.07, 6.45) is 3.74. The second kappa shape index (κ2) is 8.89. The molecule has 0 spiro atoms. The number of carbonyl (C=O) groups is 2. The quantitative estimate of drug-likeness (QED) is 0.883. The molecular formula is C17H26ClN3O2. The summed E-state index contributed by atoms with van der Waals surface area (Å²) in [6.45, 7) is 2.56. The van der Waals surface area contributed by atoms with Gasteiger partial charge in [0.05, 0.1) is 0 Å². The maximum atomic E-state index is 12.3. The molecule has 0 aromatic heterocycles. The lowest BCUT2D eigenvalue weighted by molar-refractivity contribution is 0.0802. The maximum Gasteiger partial charge on any atom is 0.253 e. The van der Waals surface area contributed by atoms with E-state index in [-0.39, 0.29) is 36.3 Å². The van der Waals surface area contributed by atoms with Crippen molar-refractivity contribution in [2.75, 3.05) is 13.6 Å². The fourth-order valence-electron chi connectivity index (χ4n) is 2.69. The lowest BCUT2D eigenvalue weighted by Crippen LogP contribution is -2.40. The molecule has 0 saturated heterocycles. The number of hydrogen-bond donors (Lipinski definition) is 2. The lowest BCUT2D eigenvalue weighted by Gasteiger charge is -2.26. The Morgan fingerprint density at radius 2 is 1.83 bits per heavy atom. The van der Waals surface area contributed by atoms with Crippen LogP contribution in [0.4, 0.5) is 0 Å². The van der Waals surface area contributed by atoms with Crippen molar-refractivity contribution in [1.29, 1.82) is 0 Å². The first-order valence-corrected chi connectivity index (χ1v) is 7.93. The van der Waals surface area contributed by atoms with Gasteiger partial charge in [-0.05, 0) is 50.8 Å². The highest BCUT2D eigenvalue weighted by atomic mass is 35.5. The third-order valence-electron chi connectivity index (χ3n) is 4.30. The number of hydrogen-bond acceptors (Lipinski definition) is 3. The van der Waals surface area contributed by atoms with Crippen molar-refractivity contribution in [2.45, 2.75) is 44.7 Å². The summed E-state index contributed by atoms with van der Waals surface area (Å²) in [7, 11) is 1.75. The van der Waals surface area contributed by atoms with E-state index in [0.29, 0.717) is 17.7 Å². The van der Waals surface area contributed by atoms with Crippen LogP contribution in [0.5, 0.6) is 0 Å². The van der Waals surface area contributed by atoms with Gasteiger partial charge in [0.2, 0.25) is 0 Å². The van der Waals surface area contributed by atoms with Gasteiger partial charge in [0.1, 0.15) is 0 Å². The highest BCUT2D eigenvalue weighted by Gasteiger charge is 2.21. The number of nitrogens with two attached hydrogens (primary N) is 1. The first-order chi connectivity index (χ1) is 10.5. The zero-order valence-corrected chi connectivity index (χ0v) is 14.6. The largest absolute Gasteiger partial charge is 0.349 e. The number of amides is 2. The minimum Gasteiger partial charge on any atom is -0.349 e. The summed E-state index contributed by atoms with van der Waals surface area (Å²) in [4.78, 5) is 26.1. The van der Waals surface area contributed by atoms with Crippen LogP contribution < -0.4 is 11.1 Å². The van der Waals surface area contributed by atoms with Crippen molar-refractivity contribution in [3.63, 3.8) is 0 Å². The Hall–Kier alpha value is -1.59. The monoisotopic (exact) mass is 339 g/mol. The molecule has 1 saturated carbocycles. The smallest absolute Gasteiger partial charge is 0.253 e. The third kappa shape index (κ3) is 5.22. The van der Waals surface area contributed by atoms with E-state index in [9.17, 15) is 9.59 Å². The molecule has 6 heteroatoms. The molecule has 0 bridgehead atoms. The van der Waals surface area contributed by atoms with Crippen molar-refractivity contribution in [3.8, 4) is 0 Å². The molecule has 2 amide bonds. The third-order valence-corrected chi connectivity index (χ3v) is 4.30. The molecule has 1 aliphatic carbocycles. The molecule has 0 aliphatic heterocycles. The van der Waals surface area contributed by atoms with Gasteiger partial charge >= 0.3 is 0 Å². The van der Waals surface area contributed by atoms with Crippen molar-refractivity contribution in [3.05, 3.63) is 35.4 Å². The molecule has 0 atom stereocenters. The van der Waals surface area contributed by atoms with Crippen molar-refractivity contribution < 1.29 is 9.59 Å². The molecule has 5 nitrogen and oxygen atoms in total. The molecule has 0 unspecified atom stereocenters. The van der Waals surface area contributed by atoms with E-state index in [2.05, 4.69) is 5.32 Å². The van der Waals surface area contributed by atoms with E-state index in [4.69, 9.17) is 5.73 Å². The predicted octanol–water partition coefficient (Wildman–Crippen LogP) is 2.20. The van der Waals surface area contributed by atoms with Crippen LogP contribution in [0.15, 0.2) is 24.3 Å². The number of rotatable bonds is 4. The van der Waals surface area contributed by atoms with Gasteiger partial charge in [-0.2, -0.15) is 0 Å². The number of nitrogens with one attached hydrogen (secondary N) is 1. The average Bonchev–Trinajstić information content (AvgIpc) is 2.55. The second-order valence-corrected chi connectivity index (χ2v) is 5.99. The molecule has 1 fully saturated rings. The van der Waals surface area contributed by atoms with Gasteiger partial charge in [-0.25, -0.2) is 0 Å². The van der Waals surface area contributed by atoms with Crippen LogP contribution in [-0.2, 0) is 0 Å². The van der Waals surface area contributed by atoms with E-state index in [1.54, 1.807) is 36.2 Å². The minimum atomic E-state index is -0.116. The molecular weight excluding hydrogens is 314 g/mol. The van der Waals surface area contributed by atoms with E-state index in [1.807, 2.05) is 6.92 Å². The second-order valence-electron chi connectivity index (χ2n) is 5.99. The maximum absolute atomic E-state index is 12.3. The molecule has 1 aromatic carbocycles. The number of nitrogens with zero attached hydrogens (tertiary/aromatic N) is 1. The zero-order chi connectivity index (χ0) is 16.1. The average molecular weight is 340 g/mol. The molecule has 23 heavy (non-hydrogen) atoms. The lowest BCUT2D eigenvalue weighted by atomic mass is 9.91. The zero-order valence-electron chi connectivity index (χ0n) is 13.7. The highest BCUT2D eigenvalue weighted by molar-refractivity contribution is 5.99. The number of halogens is 1. The van der Waals surface area contributed by atoms with Crippen LogP contribution in [0.2, 0.25) is 0 Å². The normalized spacial score (nSPS) is 20.3. The van der Waals surface area contributed by atoms with Crippen LogP contribution in [0.25, 0.3) is 0 Å². The van der Waals surface area contributed by atoms with Crippen molar-refractivity contribution >= 4 is 24.2 Å². The topological polar surface area (TPSA) is 75.4 Å². The van der Waals surface area contributed by atoms with Crippen molar-refractivity contribution in [2.24, 2.45) is 5.73 Å². The molecule has 0 radical (unpaired) electrons. The van der Waals surface area contributed by atoms with Gasteiger partial charge in [0.25, 0.3) is 11.8 Å². The highest BCUT2D eigenvalue weighted by Crippen LogP contribution is 2.17. The van der Waals surface area contributed by atoms with Gasteiger partial charge in [-0.1, -0.05) is 6.07 Å². The molecule has 2 rings (SSSR count). The molecule has 3 N–H and O–H groups in total. The fraction of sp³-hybridized carbons (Fsp3) is 0.529. The van der Waals surface area contributed by atoms with Crippen molar-refractivity contribution in [1.82, 2.24) is 10.2 Å². The van der Waals surface area contributed by atoms with E-state index < -0.39 is 0 Å². The summed E-state index contributed by atoms with van der Waals surface area (Å²) < 4.78 is 0. The van der Waals surface area contributed by atoms with Crippen LogP contribution in [0.1, 0.15) is 53.3 Å². The number of carbonyl (C=O) groups excluding carboxylic acids is 2. The Morgan fingerprint density at radius 1 is 1.22 bits per heavy atom. The molecule has 0 heterocycles. The summed E-state index contributed by atoms with van der Waals surface area (Å²) in [5.41, 5.74) is 6.96. The molecule has 1 aliphatic rings. The van der Waals surface area contributed by atoms with Gasteiger partial charge in [-0.3, -0.25) is 9.59 Å². The van der Waals surface area contributed by atoms with E-state index in [0.717, 1.165) is 25.7 Å². The first kappa shape index (κ1) is 19.5. The van der Waals surface area contributed by atoms with Gasteiger partial charge in [-0.15, -0.1) is 12.4 Å². The Balaban J connectivity index is 0.00000264. The summed E-state index contributed by atoms with van der Waals surface area (Å²) >= 11 is 0. The first-order valence-electron chi connectivity index (χ1n) is 7.93. The van der Waals surface area contributed by atoms with E-state index >= 15 is 0 Å². The van der Waals surface area contributed by atoms with Crippen LogP contribution in [0, 0.1) is 0 Å². The minimum absolute atomic E-state index is 0. The van der Waals surface area contributed by atoms with Crippen LogP contribution in [-0.4, -0.2) is 42.4 Å². The Labute approximate surface area is 144 Å². The Kier molecular flexibility index (Phi) is 7.52. The summed E-state index contributed by atoms with van der Waals surface area (Å²) in [5.74, 6) is -0.185. The Morgan fingerprint density at radius 3 is 2.43 bits per heavy atom. The van der Waals surface area contributed by atoms with Gasteiger partial charge in [0.15, 0.2) is 0 Å². The number of benzene rings is 1.